The zero-order valence-electron chi connectivity index (χ0n) is 7.92. The number of fused-ring (bicyclic) bond motifs is 1. The van der Waals surface area contributed by atoms with Gasteiger partial charge in [0.15, 0.2) is 0 Å². The highest BCUT2D eigenvalue weighted by molar-refractivity contribution is 6.00. The monoisotopic (exact) mass is 191 g/mol. The quantitative estimate of drug-likeness (QED) is 0.751. The number of hydrogen-bond donors (Lipinski definition) is 2. The Bertz CT molecular complexity index is 360. The third-order valence-electron chi connectivity index (χ3n) is 2.46. The fourth-order valence-electron chi connectivity index (χ4n) is 1.80. The highest BCUT2D eigenvalue weighted by atomic mass is 16.2. The first kappa shape index (κ1) is 9.21. The SMILES string of the molecule is O=C1Cc2cccc(CCCO)c2N1. The van der Waals surface area contributed by atoms with Crippen LogP contribution in [0.4, 0.5) is 5.69 Å². The van der Waals surface area contributed by atoms with E-state index in [-0.39, 0.29) is 12.5 Å². The molecule has 1 aliphatic rings. The molecule has 0 unspecified atom stereocenters. The van der Waals surface area contributed by atoms with Crippen molar-refractivity contribution in [3.05, 3.63) is 29.3 Å². The minimum absolute atomic E-state index is 0.0662. The zero-order chi connectivity index (χ0) is 9.97. The number of para-hydroxylation sites is 1. The number of aliphatic hydroxyl groups excluding tert-OH is 1. The molecule has 0 radical (unpaired) electrons. The second-order valence-corrected chi connectivity index (χ2v) is 3.50. The van der Waals surface area contributed by atoms with Gasteiger partial charge in [-0.25, -0.2) is 0 Å². The van der Waals surface area contributed by atoms with Crippen molar-refractivity contribution in [1.82, 2.24) is 0 Å². The molecule has 1 amide bonds. The molecule has 0 saturated heterocycles. The number of carbonyl (C=O) groups excluding carboxylic acids is 1. The van der Waals surface area contributed by atoms with E-state index >= 15 is 0 Å². The second kappa shape index (κ2) is 3.80. The number of rotatable bonds is 3. The Hall–Kier alpha value is -1.35. The van der Waals surface area contributed by atoms with Crippen LogP contribution >= 0.6 is 0 Å². The molecule has 74 valence electrons. The van der Waals surface area contributed by atoms with E-state index in [9.17, 15) is 4.79 Å². The van der Waals surface area contributed by atoms with Gasteiger partial charge in [-0.1, -0.05) is 18.2 Å². The molecule has 1 aromatic carbocycles. The number of carbonyl (C=O) groups is 1. The molecule has 3 nitrogen and oxygen atoms in total. The van der Waals surface area contributed by atoms with Gasteiger partial charge in [-0.3, -0.25) is 4.79 Å². The molecule has 1 heterocycles. The van der Waals surface area contributed by atoms with Gasteiger partial charge in [0.25, 0.3) is 0 Å². The van der Waals surface area contributed by atoms with Crippen molar-refractivity contribution < 1.29 is 9.90 Å². The predicted molar refractivity (Wildman–Crippen MR) is 54.2 cm³/mol. The number of hydrogen-bond acceptors (Lipinski definition) is 2. The summed E-state index contributed by atoms with van der Waals surface area (Å²) in [7, 11) is 0. The van der Waals surface area contributed by atoms with Gasteiger partial charge in [0.05, 0.1) is 6.42 Å². The Balaban J connectivity index is 2.25. The van der Waals surface area contributed by atoms with Gasteiger partial charge in [0.1, 0.15) is 0 Å². The minimum atomic E-state index is 0.0662. The minimum Gasteiger partial charge on any atom is -0.396 e. The Morgan fingerprint density at radius 2 is 2.29 bits per heavy atom. The largest absolute Gasteiger partial charge is 0.396 e. The molecule has 1 aromatic rings. The van der Waals surface area contributed by atoms with Crippen LogP contribution in [-0.2, 0) is 17.6 Å². The number of aliphatic hydroxyl groups is 1. The highest BCUT2D eigenvalue weighted by Gasteiger charge is 2.19. The van der Waals surface area contributed by atoms with Crippen molar-refractivity contribution in [3.8, 4) is 0 Å². The van der Waals surface area contributed by atoms with E-state index in [1.807, 2.05) is 18.2 Å². The van der Waals surface area contributed by atoms with Crippen molar-refractivity contribution in [3.63, 3.8) is 0 Å². The topological polar surface area (TPSA) is 49.3 Å². The lowest BCUT2D eigenvalue weighted by Gasteiger charge is -2.06. The number of benzene rings is 1. The number of amides is 1. The summed E-state index contributed by atoms with van der Waals surface area (Å²) in [4.78, 5) is 11.2. The standard InChI is InChI=1S/C11H13NO2/c13-6-2-5-8-3-1-4-9-7-10(14)12-11(8)9/h1,3-4,13H,2,5-7H2,(H,12,14). The van der Waals surface area contributed by atoms with E-state index in [1.54, 1.807) is 0 Å². The lowest BCUT2D eigenvalue weighted by molar-refractivity contribution is -0.115. The molecule has 0 bridgehead atoms. The Morgan fingerprint density at radius 1 is 1.43 bits per heavy atom. The van der Waals surface area contributed by atoms with Gasteiger partial charge >= 0.3 is 0 Å². The molecule has 2 N–H and O–H groups in total. The maximum atomic E-state index is 11.2. The van der Waals surface area contributed by atoms with Crippen molar-refractivity contribution in [2.45, 2.75) is 19.3 Å². The molecule has 0 saturated carbocycles. The summed E-state index contributed by atoms with van der Waals surface area (Å²) >= 11 is 0. The summed E-state index contributed by atoms with van der Waals surface area (Å²) in [6, 6.07) is 5.93. The highest BCUT2D eigenvalue weighted by Crippen LogP contribution is 2.27. The summed E-state index contributed by atoms with van der Waals surface area (Å²) in [6.07, 6.45) is 2.05. The Kier molecular flexibility index (Phi) is 2.50. The zero-order valence-corrected chi connectivity index (χ0v) is 7.92. The number of nitrogens with one attached hydrogen (secondary N) is 1. The van der Waals surface area contributed by atoms with E-state index in [1.165, 1.54) is 0 Å². The molecule has 14 heavy (non-hydrogen) atoms. The van der Waals surface area contributed by atoms with Crippen LogP contribution in [0.15, 0.2) is 18.2 Å². The van der Waals surface area contributed by atoms with E-state index < -0.39 is 0 Å². The molecule has 0 aliphatic carbocycles. The van der Waals surface area contributed by atoms with E-state index in [4.69, 9.17) is 5.11 Å². The van der Waals surface area contributed by atoms with Crippen LogP contribution in [0, 0.1) is 0 Å². The van der Waals surface area contributed by atoms with Crippen molar-refractivity contribution >= 4 is 11.6 Å². The van der Waals surface area contributed by atoms with Crippen LogP contribution in [0.3, 0.4) is 0 Å². The van der Waals surface area contributed by atoms with Crippen molar-refractivity contribution in [1.29, 1.82) is 0 Å². The summed E-state index contributed by atoms with van der Waals surface area (Å²) in [5.41, 5.74) is 3.17. The first-order valence-electron chi connectivity index (χ1n) is 4.83. The smallest absolute Gasteiger partial charge is 0.228 e. The molecule has 0 atom stereocenters. The van der Waals surface area contributed by atoms with Crippen molar-refractivity contribution in [2.24, 2.45) is 0 Å². The van der Waals surface area contributed by atoms with Crippen LogP contribution in [0.1, 0.15) is 17.5 Å². The molecule has 2 rings (SSSR count). The maximum Gasteiger partial charge on any atom is 0.228 e. The molecular formula is C11H13NO2. The number of anilines is 1. The fourth-order valence-corrected chi connectivity index (χ4v) is 1.80. The average molecular weight is 191 g/mol. The van der Waals surface area contributed by atoms with Crippen LogP contribution in [-0.4, -0.2) is 17.6 Å². The van der Waals surface area contributed by atoms with E-state index in [2.05, 4.69) is 5.32 Å². The fraction of sp³-hybridized carbons (Fsp3) is 0.364. The summed E-state index contributed by atoms with van der Waals surface area (Å²) in [6.45, 7) is 0.192. The number of aryl methyl sites for hydroxylation is 1. The normalized spacial score (nSPS) is 13.9. The molecular weight excluding hydrogens is 178 g/mol. The summed E-state index contributed by atoms with van der Waals surface area (Å²) in [5.74, 6) is 0.0662. The van der Waals surface area contributed by atoms with Crippen LogP contribution < -0.4 is 5.32 Å². The van der Waals surface area contributed by atoms with E-state index in [0.29, 0.717) is 6.42 Å². The Morgan fingerprint density at radius 3 is 3.07 bits per heavy atom. The van der Waals surface area contributed by atoms with Gasteiger partial charge < -0.3 is 10.4 Å². The molecule has 3 heteroatoms. The van der Waals surface area contributed by atoms with E-state index in [0.717, 1.165) is 29.7 Å². The first-order valence-corrected chi connectivity index (χ1v) is 4.83. The third-order valence-corrected chi connectivity index (χ3v) is 2.46. The van der Waals surface area contributed by atoms with Gasteiger partial charge in [-0.2, -0.15) is 0 Å². The summed E-state index contributed by atoms with van der Waals surface area (Å²) in [5, 5.41) is 11.6. The first-order chi connectivity index (χ1) is 6.81. The average Bonchev–Trinajstić information content (AvgIpc) is 2.55. The molecule has 0 fully saturated rings. The van der Waals surface area contributed by atoms with Crippen LogP contribution in [0.5, 0.6) is 0 Å². The third kappa shape index (κ3) is 1.63. The molecule has 0 aromatic heterocycles. The Labute approximate surface area is 82.8 Å². The van der Waals surface area contributed by atoms with Crippen molar-refractivity contribution in [2.75, 3.05) is 11.9 Å². The van der Waals surface area contributed by atoms with Gasteiger partial charge in [-0.15, -0.1) is 0 Å². The van der Waals surface area contributed by atoms with Crippen LogP contribution in [0.25, 0.3) is 0 Å². The summed E-state index contributed by atoms with van der Waals surface area (Å²) < 4.78 is 0. The maximum absolute atomic E-state index is 11.2. The second-order valence-electron chi connectivity index (χ2n) is 3.50. The predicted octanol–water partition coefficient (Wildman–Crippen LogP) is 1.11. The molecule has 1 aliphatic heterocycles. The van der Waals surface area contributed by atoms with Gasteiger partial charge in [-0.05, 0) is 24.0 Å². The lowest BCUT2D eigenvalue weighted by atomic mass is 10.0. The van der Waals surface area contributed by atoms with Gasteiger partial charge in [0.2, 0.25) is 5.91 Å². The van der Waals surface area contributed by atoms with Crippen LogP contribution in [0.2, 0.25) is 0 Å². The van der Waals surface area contributed by atoms with Gasteiger partial charge in [0, 0.05) is 12.3 Å². The molecule has 0 spiro atoms. The lowest BCUT2D eigenvalue weighted by Crippen LogP contribution is -2.05.